The van der Waals surface area contributed by atoms with E-state index in [-0.39, 0.29) is 11.7 Å². The van der Waals surface area contributed by atoms with Gasteiger partial charge >= 0.3 is 12.0 Å². The van der Waals surface area contributed by atoms with E-state index in [9.17, 15) is 14.4 Å². The van der Waals surface area contributed by atoms with Crippen LogP contribution in [0.15, 0.2) is 24.3 Å². The molecule has 1 saturated carbocycles. The Labute approximate surface area is 132 Å². The first kappa shape index (κ1) is 15.0. The fraction of sp³-hybridized carbons (Fsp3) is 0.375. The molecule has 0 bridgehead atoms. The molecule has 0 radical (unpaired) electrons. The van der Waals surface area contributed by atoms with Gasteiger partial charge in [-0.05, 0) is 43.9 Å². The van der Waals surface area contributed by atoms with Gasteiger partial charge in [0.05, 0.1) is 11.6 Å². The zero-order valence-corrected chi connectivity index (χ0v) is 12.5. The van der Waals surface area contributed by atoms with Crippen molar-refractivity contribution in [3.05, 3.63) is 29.8 Å². The predicted molar refractivity (Wildman–Crippen MR) is 78.2 cm³/mol. The van der Waals surface area contributed by atoms with Crippen LogP contribution in [0.2, 0.25) is 0 Å². The lowest BCUT2D eigenvalue weighted by atomic mass is 9.96. The number of carbonyl (C=O) groups excluding carboxylic acids is 3. The summed E-state index contributed by atoms with van der Waals surface area (Å²) >= 11 is 0. The van der Waals surface area contributed by atoms with Crippen LogP contribution in [0.25, 0.3) is 0 Å². The largest absolute Gasteiger partial charge is 0.425 e. The minimum Gasteiger partial charge on any atom is -0.425 e. The highest BCUT2D eigenvalue weighted by atomic mass is 16.5. The number of imide groups is 1. The average Bonchev–Trinajstić information content (AvgIpc) is 3.34. The molecule has 23 heavy (non-hydrogen) atoms. The Balaban J connectivity index is 1.67. The predicted octanol–water partition coefficient (Wildman–Crippen LogP) is 1.18. The third-order valence-electron chi connectivity index (χ3n) is 4.18. The van der Waals surface area contributed by atoms with Crippen molar-refractivity contribution in [1.29, 1.82) is 5.26 Å². The van der Waals surface area contributed by atoms with Gasteiger partial charge < -0.3 is 10.1 Å². The van der Waals surface area contributed by atoms with Crippen molar-refractivity contribution in [3.8, 4) is 11.8 Å². The number of hydrogen-bond donors (Lipinski definition) is 1. The first-order chi connectivity index (χ1) is 10.9. The van der Waals surface area contributed by atoms with Crippen molar-refractivity contribution in [2.45, 2.75) is 25.3 Å². The Morgan fingerprint density at radius 1 is 1.48 bits per heavy atom. The molecule has 1 saturated heterocycles. The number of carbonyl (C=O) groups is 3. The van der Waals surface area contributed by atoms with E-state index < -0.39 is 30.0 Å². The summed E-state index contributed by atoms with van der Waals surface area (Å²) < 4.78 is 5.10. The number of ether oxygens (including phenoxy) is 1. The Hall–Kier alpha value is -2.88. The van der Waals surface area contributed by atoms with Gasteiger partial charge in [0.25, 0.3) is 5.91 Å². The summed E-state index contributed by atoms with van der Waals surface area (Å²) in [7, 11) is 0. The van der Waals surface area contributed by atoms with Gasteiger partial charge in [-0.3, -0.25) is 9.69 Å². The summed E-state index contributed by atoms with van der Waals surface area (Å²) in [6, 6.07) is 7.46. The van der Waals surface area contributed by atoms with Gasteiger partial charge in [0.1, 0.15) is 17.8 Å². The third kappa shape index (κ3) is 2.75. The van der Waals surface area contributed by atoms with E-state index in [1.165, 1.54) is 12.1 Å². The van der Waals surface area contributed by atoms with Gasteiger partial charge in [0, 0.05) is 0 Å². The standard InChI is InChI=1S/C16H15N3O4/c1-16(11-5-6-11)14(21)19(15(22)18-16)9-13(20)23-12-4-2-3-10(7-12)8-17/h2-4,7,11H,5-6,9H2,1H3,(H,18,22)/t16-/m0/s1. The maximum Gasteiger partial charge on any atom is 0.331 e. The molecule has 1 aliphatic carbocycles. The van der Waals surface area contributed by atoms with Crippen LogP contribution in [-0.2, 0) is 9.59 Å². The van der Waals surface area contributed by atoms with Crippen LogP contribution >= 0.6 is 0 Å². The van der Waals surface area contributed by atoms with Crippen LogP contribution in [0.1, 0.15) is 25.3 Å². The summed E-state index contributed by atoms with van der Waals surface area (Å²) in [6.07, 6.45) is 1.78. The zero-order chi connectivity index (χ0) is 16.6. The first-order valence-corrected chi connectivity index (χ1v) is 7.29. The number of nitrogens with one attached hydrogen (secondary N) is 1. The van der Waals surface area contributed by atoms with E-state index in [4.69, 9.17) is 10.00 Å². The molecule has 1 aromatic carbocycles. The summed E-state index contributed by atoms with van der Waals surface area (Å²) in [4.78, 5) is 37.2. The molecule has 1 N–H and O–H groups in total. The Kier molecular flexibility index (Phi) is 3.52. The van der Waals surface area contributed by atoms with Gasteiger partial charge in [0.2, 0.25) is 0 Å². The number of benzene rings is 1. The number of hydrogen-bond acceptors (Lipinski definition) is 5. The second-order valence-corrected chi connectivity index (χ2v) is 5.91. The van der Waals surface area contributed by atoms with Crippen molar-refractivity contribution in [3.63, 3.8) is 0 Å². The fourth-order valence-electron chi connectivity index (χ4n) is 2.72. The van der Waals surface area contributed by atoms with Gasteiger partial charge in [-0.15, -0.1) is 0 Å². The third-order valence-corrected chi connectivity index (χ3v) is 4.18. The molecule has 0 unspecified atom stereocenters. The van der Waals surface area contributed by atoms with Gasteiger partial charge in [-0.1, -0.05) is 6.07 Å². The van der Waals surface area contributed by atoms with Gasteiger partial charge in [-0.25, -0.2) is 9.59 Å². The Bertz CT molecular complexity index is 735. The maximum atomic E-state index is 12.4. The van der Waals surface area contributed by atoms with Crippen LogP contribution in [0, 0.1) is 17.2 Å². The zero-order valence-electron chi connectivity index (χ0n) is 12.5. The number of nitriles is 1. The molecule has 7 heteroatoms. The van der Waals surface area contributed by atoms with E-state index in [1.54, 1.807) is 19.1 Å². The van der Waals surface area contributed by atoms with Crippen LogP contribution in [-0.4, -0.2) is 34.9 Å². The van der Waals surface area contributed by atoms with E-state index in [0.717, 1.165) is 17.7 Å². The molecule has 0 spiro atoms. The Morgan fingerprint density at radius 3 is 2.87 bits per heavy atom. The second kappa shape index (κ2) is 5.39. The molecule has 3 rings (SSSR count). The van der Waals surface area contributed by atoms with Crippen LogP contribution in [0.3, 0.4) is 0 Å². The molecule has 1 atom stereocenters. The van der Waals surface area contributed by atoms with E-state index in [2.05, 4.69) is 5.32 Å². The number of esters is 1. The van der Waals surface area contributed by atoms with Crippen molar-refractivity contribution >= 4 is 17.9 Å². The van der Waals surface area contributed by atoms with Crippen LogP contribution < -0.4 is 10.1 Å². The van der Waals surface area contributed by atoms with E-state index >= 15 is 0 Å². The number of rotatable bonds is 4. The first-order valence-electron chi connectivity index (χ1n) is 7.29. The van der Waals surface area contributed by atoms with Crippen molar-refractivity contribution in [2.24, 2.45) is 5.92 Å². The molecule has 118 valence electrons. The monoisotopic (exact) mass is 313 g/mol. The molecule has 2 fully saturated rings. The minimum absolute atomic E-state index is 0.132. The summed E-state index contributed by atoms with van der Waals surface area (Å²) in [6.45, 7) is 1.23. The van der Waals surface area contributed by atoms with Crippen LogP contribution in [0.4, 0.5) is 4.79 Å². The molecular weight excluding hydrogens is 298 g/mol. The normalized spacial score (nSPS) is 23.4. The number of nitrogens with zero attached hydrogens (tertiary/aromatic N) is 2. The van der Waals surface area contributed by atoms with Crippen LogP contribution in [0.5, 0.6) is 5.75 Å². The molecule has 3 amide bonds. The fourth-order valence-corrected chi connectivity index (χ4v) is 2.72. The number of amides is 3. The van der Waals surface area contributed by atoms with E-state index in [1.807, 2.05) is 6.07 Å². The Morgan fingerprint density at radius 2 is 2.22 bits per heavy atom. The topological polar surface area (TPSA) is 99.5 Å². The van der Waals surface area contributed by atoms with Crippen molar-refractivity contribution < 1.29 is 19.1 Å². The van der Waals surface area contributed by atoms with Gasteiger partial charge in [-0.2, -0.15) is 5.26 Å². The van der Waals surface area contributed by atoms with E-state index in [0.29, 0.717) is 5.56 Å². The lowest BCUT2D eigenvalue weighted by Gasteiger charge is -2.20. The van der Waals surface area contributed by atoms with Crippen molar-refractivity contribution in [1.82, 2.24) is 10.2 Å². The smallest absolute Gasteiger partial charge is 0.331 e. The van der Waals surface area contributed by atoms with Crippen molar-refractivity contribution in [2.75, 3.05) is 6.54 Å². The average molecular weight is 313 g/mol. The highest BCUT2D eigenvalue weighted by Crippen LogP contribution is 2.42. The quantitative estimate of drug-likeness (QED) is 0.511. The summed E-state index contributed by atoms with van der Waals surface area (Å²) in [5.74, 6) is -0.797. The number of urea groups is 1. The molecule has 1 heterocycles. The highest BCUT2D eigenvalue weighted by Gasteiger charge is 2.56. The molecule has 1 aliphatic heterocycles. The SMILES string of the molecule is C[C@@]1(C2CC2)NC(=O)N(CC(=O)Oc2cccc(C#N)c2)C1=O. The molecule has 2 aliphatic rings. The minimum atomic E-state index is -0.919. The lowest BCUT2D eigenvalue weighted by Crippen LogP contribution is -2.46. The van der Waals surface area contributed by atoms with Gasteiger partial charge in [0.15, 0.2) is 0 Å². The summed E-state index contributed by atoms with van der Waals surface area (Å²) in [5.41, 5.74) is -0.565. The summed E-state index contributed by atoms with van der Waals surface area (Å²) in [5, 5.41) is 11.5. The maximum absolute atomic E-state index is 12.4. The molecule has 1 aromatic rings. The molecule has 0 aromatic heterocycles. The molecule has 7 nitrogen and oxygen atoms in total. The molecular formula is C16H15N3O4. The highest BCUT2D eigenvalue weighted by molar-refractivity contribution is 6.08. The second-order valence-electron chi connectivity index (χ2n) is 5.91. The lowest BCUT2D eigenvalue weighted by molar-refractivity contribution is -0.141.